The van der Waals surface area contributed by atoms with Crippen LogP contribution in [0.2, 0.25) is 0 Å². The van der Waals surface area contributed by atoms with Gasteiger partial charge in [0.25, 0.3) is 0 Å². The van der Waals surface area contributed by atoms with Gasteiger partial charge in [-0.25, -0.2) is 0 Å². The molecule has 2 fully saturated rings. The molecule has 2 bridgehead atoms. The van der Waals surface area contributed by atoms with Crippen molar-refractivity contribution in [1.29, 1.82) is 0 Å². The molecule has 0 amide bonds. The lowest BCUT2D eigenvalue weighted by Crippen LogP contribution is -2.14. The van der Waals surface area contributed by atoms with E-state index in [-0.39, 0.29) is 0 Å². The smallest absolute Gasteiger partial charge is 0.0132 e. The molecule has 4 aliphatic rings. The van der Waals surface area contributed by atoms with Crippen LogP contribution in [0.3, 0.4) is 0 Å². The Kier molecular flexibility index (Phi) is 1.03. The van der Waals surface area contributed by atoms with Gasteiger partial charge in [-0.05, 0) is 61.7 Å². The molecule has 0 radical (unpaired) electrons. The first-order valence-corrected chi connectivity index (χ1v) is 5.98. The summed E-state index contributed by atoms with van der Waals surface area (Å²) in [6.45, 7) is 4.95. The van der Waals surface area contributed by atoms with Crippen LogP contribution in [0.15, 0.2) is 11.1 Å². The first-order valence-electron chi connectivity index (χ1n) is 5.98. The Morgan fingerprint density at radius 1 is 1.08 bits per heavy atom. The zero-order chi connectivity index (χ0) is 8.74. The predicted octanol–water partition coefficient (Wildman–Crippen LogP) is 3.24. The molecule has 0 spiro atoms. The first-order chi connectivity index (χ1) is 6.27. The fourth-order valence-corrected chi connectivity index (χ4v) is 5.09. The lowest BCUT2D eigenvalue weighted by atomic mass is 9.82. The van der Waals surface area contributed by atoms with E-state index in [1.54, 1.807) is 6.42 Å². The van der Waals surface area contributed by atoms with Gasteiger partial charge >= 0.3 is 0 Å². The van der Waals surface area contributed by atoms with Gasteiger partial charge in [0, 0.05) is 0 Å². The largest absolute Gasteiger partial charge is 0.0704 e. The van der Waals surface area contributed by atoms with Crippen LogP contribution < -0.4 is 0 Å². The van der Waals surface area contributed by atoms with Gasteiger partial charge in [-0.15, -0.1) is 0 Å². The Labute approximate surface area is 80.4 Å². The minimum atomic E-state index is 1.00. The minimum Gasteiger partial charge on any atom is -0.0704 e. The lowest BCUT2D eigenvalue weighted by molar-refractivity contribution is 0.303. The summed E-state index contributed by atoms with van der Waals surface area (Å²) in [5.41, 5.74) is 3.80. The fourth-order valence-electron chi connectivity index (χ4n) is 5.09. The van der Waals surface area contributed by atoms with Gasteiger partial charge in [0.05, 0.1) is 0 Å². The molecule has 0 heterocycles. The van der Waals surface area contributed by atoms with Gasteiger partial charge in [-0.3, -0.25) is 0 Å². The molecule has 6 unspecified atom stereocenters. The standard InChI is InChI=1S/C13H18/c1-6-3-8-4-9-5-10-11(6)13(10)12(9)7(8)2/h6,8-11,13H,3-5H2,1-2H3. The van der Waals surface area contributed by atoms with Crippen molar-refractivity contribution in [1.82, 2.24) is 0 Å². The van der Waals surface area contributed by atoms with Crippen LogP contribution in [0.1, 0.15) is 33.1 Å². The van der Waals surface area contributed by atoms with Crippen LogP contribution in [-0.4, -0.2) is 0 Å². The van der Waals surface area contributed by atoms with Crippen molar-refractivity contribution in [2.24, 2.45) is 35.5 Å². The molecule has 0 aliphatic heterocycles. The summed E-state index contributed by atoms with van der Waals surface area (Å²) in [7, 11) is 0. The molecule has 0 aromatic rings. The van der Waals surface area contributed by atoms with Crippen molar-refractivity contribution in [2.75, 3.05) is 0 Å². The van der Waals surface area contributed by atoms with Crippen molar-refractivity contribution >= 4 is 0 Å². The van der Waals surface area contributed by atoms with Crippen LogP contribution in [-0.2, 0) is 0 Å². The van der Waals surface area contributed by atoms with E-state index >= 15 is 0 Å². The highest BCUT2D eigenvalue weighted by molar-refractivity contribution is 5.39. The van der Waals surface area contributed by atoms with Gasteiger partial charge in [0.15, 0.2) is 0 Å². The third kappa shape index (κ3) is 0.639. The average molecular weight is 174 g/mol. The number of hydrogen-bond donors (Lipinski definition) is 0. The van der Waals surface area contributed by atoms with E-state index in [9.17, 15) is 0 Å². The second kappa shape index (κ2) is 1.89. The molecule has 0 aromatic heterocycles. The zero-order valence-electron chi connectivity index (χ0n) is 8.59. The molecule has 0 saturated heterocycles. The monoisotopic (exact) mass is 174 g/mol. The van der Waals surface area contributed by atoms with Crippen molar-refractivity contribution in [3.05, 3.63) is 11.1 Å². The predicted molar refractivity (Wildman–Crippen MR) is 53.2 cm³/mol. The molecule has 0 heteroatoms. The summed E-state index contributed by atoms with van der Waals surface area (Å²) in [5, 5.41) is 0. The quantitative estimate of drug-likeness (QED) is 0.494. The Balaban J connectivity index is 1.89. The van der Waals surface area contributed by atoms with Crippen LogP contribution in [0, 0.1) is 35.5 Å². The fraction of sp³-hybridized carbons (Fsp3) is 0.846. The molecule has 6 atom stereocenters. The molecule has 0 N–H and O–H groups in total. The molecule has 0 aromatic carbocycles. The Hall–Kier alpha value is -0.260. The van der Waals surface area contributed by atoms with E-state index in [0.29, 0.717) is 0 Å². The SMILES string of the molecule is CC1=C2C3CC1CC(C)C1C(C3)C21. The molecule has 2 saturated carbocycles. The lowest BCUT2D eigenvalue weighted by Gasteiger charge is -2.23. The van der Waals surface area contributed by atoms with E-state index < -0.39 is 0 Å². The number of rotatable bonds is 0. The minimum absolute atomic E-state index is 1.00. The third-order valence-corrected chi connectivity index (χ3v) is 5.54. The number of hydrogen-bond acceptors (Lipinski definition) is 0. The van der Waals surface area contributed by atoms with Gasteiger partial charge in [0.2, 0.25) is 0 Å². The maximum Gasteiger partial charge on any atom is -0.0132 e. The molecule has 4 aliphatic carbocycles. The van der Waals surface area contributed by atoms with Gasteiger partial charge < -0.3 is 0 Å². The highest BCUT2D eigenvalue weighted by Crippen LogP contribution is 2.72. The summed E-state index contributed by atoms with van der Waals surface area (Å²) < 4.78 is 0. The summed E-state index contributed by atoms with van der Waals surface area (Å²) >= 11 is 0. The summed E-state index contributed by atoms with van der Waals surface area (Å²) in [5.74, 6) is 6.46. The van der Waals surface area contributed by atoms with Crippen LogP contribution in [0.4, 0.5) is 0 Å². The second-order valence-electron chi connectivity index (χ2n) is 5.98. The molecular formula is C13H18. The van der Waals surface area contributed by atoms with E-state index in [4.69, 9.17) is 0 Å². The number of fused-ring (bicyclic) bond motifs is 2. The van der Waals surface area contributed by atoms with E-state index in [0.717, 1.165) is 35.5 Å². The van der Waals surface area contributed by atoms with Crippen molar-refractivity contribution < 1.29 is 0 Å². The van der Waals surface area contributed by atoms with Gasteiger partial charge in [-0.2, -0.15) is 0 Å². The number of allylic oxidation sites excluding steroid dienone is 2. The maximum absolute atomic E-state index is 2.51. The molecular weight excluding hydrogens is 156 g/mol. The van der Waals surface area contributed by atoms with E-state index in [1.807, 2.05) is 11.1 Å². The Morgan fingerprint density at radius 2 is 1.92 bits per heavy atom. The van der Waals surface area contributed by atoms with Crippen LogP contribution in [0.5, 0.6) is 0 Å². The van der Waals surface area contributed by atoms with Gasteiger partial charge in [-0.1, -0.05) is 18.1 Å². The van der Waals surface area contributed by atoms with Crippen molar-refractivity contribution in [3.63, 3.8) is 0 Å². The van der Waals surface area contributed by atoms with E-state index in [2.05, 4.69) is 13.8 Å². The molecule has 70 valence electrons. The molecule has 0 nitrogen and oxygen atoms in total. The average Bonchev–Trinajstić information content (AvgIpc) is 2.48. The van der Waals surface area contributed by atoms with Crippen molar-refractivity contribution in [3.8, 4) is 0 Å². The first kappa shape index (κ1) is 7.09. The zero-order valence-corrected chi connectivity index (χ0v) is 8.59. The van der Waals surface area contributed by atoms with Crippen LogP contribution in [0.25, 0.3) is 0 Å². The second-order valence-corrected chi connectivity index (χ2v) is 5.98. The van der Waals surface area contributed by atoms with Crippen LogP contribution >= 0.6 is 0 Å². The Bertz CT molecular complexity index is 312. The normalized spacial score (nSPS) is 61.4. The third-order valence-electron chi connectivity index (χ3n) is 5.54. The summed E-state index contributed by atoms with van der Waals surface area (Å²) in [6.07, 6.45) is 4.62. The Morgan fingerprint density at radius 3 is 2.77 bits per heavy atom. The molecule has 13 heavy (non-hydrogen) atoms. The summed E-state index contributed by atoms with van der Waals surface area (Å²) in [4.78, 5) is 0. The van der Waals surface area contributed by atoms with Gasteiger partial charge in [0.1, 0.15) is 0 Å². The molecule has 4 rings (SSSR count). The highest BCUT2D eigenvalue weighted by Gasteiger charge is 2.64. The summed E-state index contributed by atoms with van der Waals surface area (Å²) in [6, 6.07) is 0. The topological polar surface area (TPSA) is 0 Å². The van der Waals surface area contributed by atoms with Crippen molar-refractivity contribution in [2.45, 2.75) is 33.1 Å². The highest BCUT2D eigenvalue weighted by atomic mass is 14.7. The maximum atomic E-state index is 2.51. The van der Waals surface area contributed by atoms with E-state index in [1.165, 1.54) is 12.8 Å².